The Kier molecular flexibility index (Phi) is 4.16. The number of hydrogen-bond donors (Lipinski definition) is 1. The Morgan fingerprint density at radius 2 is 1.82 bits per heavy atom. The van der Waals surface area contributed by atoms with Gasteiger partial charge in [-0.2, -0.15) is 0 Å². The number of benzene rings is 1. The number of hydrogen-bond acceptors (Lipinski definition) is 2. The number of primary amides is 1. The Morgan fingerprint density at radius 1 is 1.29 bits per heavy atom. The van der Waals surface area contributed by atoms with Crippen molar-refractivity contribution in [2.24, 2.45) is 11.7 Å². The van der Waals surface area contributed by atoms with Crippen LogP contribution in [0.15, 0.2) is 24.3 Å². The van der Waals surface area contributed by atoms with Gasteiger partial charge in [-0.25, -0.2) is 0 Å². The number of ether oxygens (including phenoxy) is 1. The molecule has 0 saturated heterocycles. The minimum absolute atomic E-state index is 0.138. The molecule has 1 unspecified atom stereocenters. The van der Waals surface area contributed by atoms with Gasteiger partial charge in [-0.05, 0) is 23.1 Å². The second-order valence-electron chi connectivity index (χ2n) is 5.39. The number of carbonyl (C=O) groups excluding carboxylic acids is 1. The number of nitrogens with two attached hydrogens (primary N) is 1. The molecule has 0 spiro atoms. The highest BCUT2D eigenvalue weighted by Gasteiger charge is 2.13. The molecular weight excluding hydrogens is 214 g/mol. The van der Waals surface area contributed by atoms with Gasteiger partial charge in [-0.1, -0.05) is 39.8 Å². The van der Waals surface area contributed by atoms with Gasteiger partial charge >= 0.3 is 0 Å². The van der Waals surface area contributed by atoms with Gasteiger partial charge in [0, 0.05) is 0 Å². The standard InChI is InChI=1S/C14H21NO2/c1-10(13(15)16)9-17-12-7-5-11(6-8-12)14(2,3)4/h5-8,10H,9H2,1-4H3,(H2,15,16). The molecule has 1 atom stereocenters. The fourth-order valence-electron chi connectivity index (χ4n) is 1.35. The summed E-state index contributed by atoms with van der Waals surface area (Å²) in [7, 11) is 0. The Labute approximate surface area is 103 Å². The van der Waals surface area contributed by atoms with Crippen molar-refractivity contribution in [3.05, 3.63) is 29.8 Å². The maximum absolute atomic E-state index is 10.8. The van der Waals surface area contributed by atoms with Crippen molar-refractivity contribution in [1.82, 2.24) is 0 Å². The van der Waals surface area contributed by atoms with Crippen molar-refractivity contribution in [3.8, 4) is 5.75 Å². The van der Waals surface area contributed by atoms with Crippen LogP contribution in [-0.2, 0) is 10.2 Å². The molecule has 0 aliphatic carbocycles. The third kappa shape index (κ3) is 4.10. The predicted molar refractivity (Wildman–Crippen MR) is 69.0 cm³/mol. The molecule has 0 radical (unpaired) electrons. The lowest BCUT2D eigenvalue weighted by Crippen LogP contribution is -2.25. The largest absolute Gasteiger partial charge is 0.493 e. The molecule has 17 heavy (non-hydrogen) atoms. The van der Waals surface area contributed by atoms with Crippen LogP contribution in [0.1, 0.15) is 33.3 Å². The molecule has 0 aliphatic heterocycles. The first-order chi connectivity index (χ1) is 7.80. The second kappa shape index (κ2) is 5.21. The number of amides is 1. The van der Waals surface area contributed by atoms with E-state index in [-0.39, 0.29) is 17.2 Å². The fraction of sp³-hybridized carbons (Fsp3) is 0.500. The molecule has 94 valence electrons. The molecule has 3 nitrogen and oxygen atoms in total. The Hall–Kier alpha value is -1.51. The van der Waals surface area contributed by atoms with Crippen molar-refractivity contribution in [3.63, 3.8) is 0 Å². The molecular formula is C14H21NO2. The van der Waals surface area contributed by atoms with Crippen LogP contribution in [-0.4, -0.2) is 12.5 Å². The second-order valence-corrected chi connectivity index (χ2v) is 5.39. The highest BCUT2D eigenvalue weighted by molar-refractivity contribution is 5.76. The van der Waals surface area contributed by atoms with Crippen molar-refractivity contribution in [2.75, 3.05) is 6.61 Å². The van der Waals surface area contributed by atoms with Crippen molar-refractivity contribution in [2.45, 2.75) is 33.1 Å². The van der Waals surface area contributed by atoms with Crippen LogP contribution < -0.4 is 10.5 Å². The van der Waals surface area contributed by atoms with Gasteiger partial charge in [-0.15, -0.1) is 0 Å². The van der Waals surface area contributed by atoms with Crippen LogP contribution in [0, 0.1) is 5.92 Å². The monoisotopic (exact) mass is 235 g/mol. The first kappa shape index (κ1) is 13.6. The molecule has 3 heteroatoms. The molecule has 1 aromatic rings. The topological polar surface area (TPSA) is 52.3 Å². The van der Waals surface area contributed by atoms with Gasteiger partial charge in [-0.3, -0.25) is 4.79 Å². The molecule has 2 N–H and O–H groups in total. The lowest BCUT2D eigenvalue weighted by atomic mass is 9.87. The summed E-state index contributed by atoms with van der Waals surface area (Å²) in [6, 6.07) is 7.94. The Morgan fingerprint density at radius 3 is 2.24 bits per heavy atom. The van der Waals surface area contributed by atoms with Crippen molar-refractivity contribution >= 4 is 5.91 Å². The molecule has 0 aliphatic rings. The summed E-state index contributed by atoms with van der Waals surface area (Å²) in [5, 5.41) is 0. The SMILES string of the molecule is CC(COc1ccc(C(C)(C)C)cc1)C(N)=O. The van der Waals surface area contributed by atoms with Gasteiger partial charge in [0.25, 0.3) is 0 Å². The van der Waals surface area contributed by atoms with Crippen LogP contribution in [0.3, 0.4) is 0 Å². The third-order valence-corrected chi connectivity index (χ3v) is 2.71. The predicted octanol–water partition coefficient (Wildman–Crippen LogP) is 2.48. The molecule has 0 heterocycles. The molecule has 0 saturated carbocycles. The van der Waals surface area contributed by atoms with E-state index in [4.69, 9.17) is 10.5 Å². The highest BCUT2D eigenvalue weighted by atomic mass is 16.5. The maximum atomic E-state index is 10.8. The number of carbonyl (C=O) groups is 1. The van der Waals surface area contributed by atoms with Gasteiger partial charge < -0.3 is 10.5 Å². The smallest absolute Gasteiger partial charge is 0.223 e. The lowest BCUT2D eigenvalue weighted by molar-refractivity contribution is -0.122. The zero-order chi connectivity index (χ0) is 13.1. The normalized spacial score (nSPS) is 13.2. The minimum Gasteiger partial charge on any atom is -0.493 e. The fourth-order valence-corrected chi connectivity index (χ4v) is 1.35. The zero-order valence-corrected chi connectivity index (χ0v) is 11.0. The third-order valence-electron chi connectivity index (χ3n) is 2.71. The van der Waals surface area contributed by atoms with Crippen LogP contribution in [0.2, 0.25) is 0 Å². The molecule has 1 amide bonds. The molecule has 0 bridgehead atoms. The summed E-state index contributed by atoms with van der Waals surface area (Å²) in [6.07, 6.45) is 0. The van der Waals surface area contributed by atoms with Crippen molar-refractivity contribution < 1.29 is 9.53 Å². The van der Waals surface area contributed by atoms with Crippen LogP contribution in [0.5, 0.6) is 5.75 Å². The van der Waals surface area contributed by atoms with E-state index in [9.17, 15) is 4.79 Å². The first-order valence-corrected chi connectivity index (χ1v) is 5.83. The summed E-state index contributed by atoms with van der Waals surface area (Å²) in [4.78, 5) is 10.8. The maximum Gasteiger partial charge on any atom is 0.223 e. The van der Waals surface area contributed by atoms with Crippen LogP contribution in [0.4, 0.5) is 0 Å². The molecule has 0 aromatic heterocycles. The Balaban J connectivity index is 2.60. The average molecular weight is 235 g/mol. The van der Waals surface area contributed by atoms with E-state index in [0.29, 0.717) is 6.61 Å². The highest BCUT2D eigenvalue weighted by Crippen LogP contribution is 2.24. The lowest BCUT2D eigenvalue weighted by Gasteiger charge is -2.19. The Bertz CT molecular complexity index is 376. The van der Waals surface area contributed by atoms with E-state index < -0.39 is 0 Å². The van der Waals surface area contributed by atoms with Gasteiger partial charge in [0.05, 0.1) is 12.5 Å². The molecule has 0 fully saturated rings. The first-order valence-electron chi connectivity index (χ1n) is 5.83. The van der Waals surface area contributed by atoms with E-state index in [0.717, 1.165) is 5.75 Å². The van der Waals surface area contributed by atoms with E-state index in [2.05, 4.69) is 20.8 Å². The van der Waals surface area contributed by atoms with Gasteiger partial charge in [0.1, 0.15) is 5.75 Å². The average Bonchev–Trinajstić information content (AvgIpc) is 2.25. The van der Waals surface area contributed by atoms with Crippen LogP contribution >= 0.6 is 0 Å². The quantitative estimate of drug-likeness (QED) is 0.871. The van der Waals surface area contributed by atoms with E-state index in [1.54, 1.807) is 6.92 Å². The van der Waals surface area contributed by atoms with Crippen LogP contribution in [0.25, 0.3) is 0 Å². The van der Waals surface area contributed by atoms with E-state index in [1.165, 1.54) is 5.56 Å². The summed E-state index contributed by atoms with van der Waals surface area (Å²) >= 11 is 0. The summed E-state index contributed by atoms with van der Waals surface area (Å²) < 4.78 is 5.50. The number of rotatable bonds is 4. The molecule has 1 rings (SSSR count). The minimum atomic E-state index is -0.337. The van der Waals surface area contributed by atoms with Gasteiger partial charge in [0.2, 0.25) is 5.91 Å². The summed E-state index contributed by atoms with van der Waals surface area (Å²) in [6.45, 7) is 8.57. The summed E-state index contributed by atoms with van der Waals surface area (Å²) in [5.74, 6) is 0.166. The van der Waals surface area contributed by atoms with Gasteiger partial charge in [0.15, 0.2) is 0 Å². The van der Waals surface area contributed by atoms with E-state index in [1.807, 2.05) is 24.3 Å². The zero-order valence-electron chi connectivity index (χ0n) is 11.0. The van der Waals surface area contributed by atoms with E-state index >= 15 is 0 Å². The summed E-state index contributed by atoms with van der Waals surface area (Å²) in [5.41, 5.74) is 6.56. The van der Waals surface area contributed by atoms with Crippen molar-refractivity contribution in [1.29, 1.82) is 0 Å². The molecule has 1 aromatic carbocycles.